The van der Waals surface area contributed by atoms with Crippen LogP contribution in [0.4, 0.5) is 0 Å². The van der Waals surface area contributed by atoms with Gasteiger partial charge >= 0.3 is 0 Å². The van der Waals surface area contributed by atoms with E-state index in [1.54, 1.807) is 0 Å². The van der Waals surface area contributed by atoms with E-state index in [-0.39, 0.29) is 153 Å². The van der Waals surface area contributed by atoms with Crippen LogP contribution in [0, 0.1) is 0 Å². The molecule has 0 spiro atoms. The Balaban J connectivity index is 1.45. The first kappa shape index (κ1) is 92.2. The zero-order valence-electron chi connectivity index (χ0n) is 65.5. The predicted molar refractivity (Wildman–Crippen MR) is 436 cm³/mol. The van der Waals surface area contributed by atoms with Crippen molar-refractivity contribution >= 4 is 59.1 Å². The van der Waals surface area contributed by atoms with Crippen LogP contribution >= 0.6 is 0 Å². The van der Waals surface area contributed by atoms with Crippen molar-refractivity contribution < 1.29 is 47.9 Å². The number of hydrogen-bond donors (Lipinski definition) is 11. The molecule has 0 aliphatic carbocycles. The molecule has 0 unspecified atom stereocenters. The summed E-state index contributed by atoms with van der Waals surface area (Å²) in [6.45, 7) is 1.11. The van der Waals surface area contributed by atoms with E-state index >= 15 is 14.4 Å². The number of carbonyl (C=O) groups excluding carboxylic acids is 10. The number of carbonyl (C=O) groups is 10. The summed E-state index contributed by atoms with van der Waals surface area (Å²) in [5, 5.41) is 12.1. The minimum atomic E-state index is -1.11. The van der Waals surface area contributed by atoms with Crippen LogP contribution in [0.3, 0.4) is 0 Å². The van der Waals surface area contributed by atoms with Gasteiger partial charge in [0.25, 0.3) is 0 Å². The van der Waals surface area contributed by atoms with Crippen molar-refractivity contribution in [2.75, 3.05) is 98.2 Å². The van der Waals surface area contributed by atoms with Crippen LogP contribution in [0.25, 0.3) is 0 Å². The van der Waals surface area contributed by atoms with Crippen molar-refractivity contribution in [2.45, 2.75) is 191 Å². The first-order chi connectivity index (χ1) is 54.0. The zero-order chi connectivity index (χ0) is 80.2. The number of nitrogens with zero attached hydrogens (tertiary/aromatic N) is 5. The van der Waals surface area contributed by atoms with E-state index in [1.807, 2.05) is 152 Å². The largest absolute Gasteiger partial charge is 0.368 e. The van der Waals surface area contributed by atoms with Gasteiger partial charge in [-0.25, -0.2) is 0 Å². The average molecular weight is 1530 g/mol. The van der Waals surface area contributed by atoms with Gasteiger partial charge in [0.05, 0.1) is 0 Å². The standard InChI is InChI=1S/C85H128N16O10/c86-51-21-16-36-71(81(92)107)98(77(103)47-42-67-28-8-2-9-29-67)62-57-93-83(109)73(38-18-23-53-88)100(79(105)49-44-69-32-12-4-13-33-69)64-59-95-85(111)75(40-20-25-55-90)101(80(106)50-45-70-34-14-5-15-35-70)65-60-96-84(110)74(39-19-24-54-89)99(78(104)48-43-68-30-10-3-11-31-68)63-58-94-82(108)72(37-17-22-52-87)97(61-56-91)76(102)46-41-66-26-6-1-7-27-66/h1-15,26-35,71-75H,16-25,36-65,86-91H2,(H2,92,107)(H,93,109)(H,94,108)(H,95,111)(H,96,110)/t71-,72-,73-,74-,75-/m0/s1. The maximum absolute atomic E-state index is 15.2. The van der Waals surface area contributed by atoms with Gasteiger partial charge in [0.2, 0.25) is 59.1 Å². The molecule has 111 heavy (non-hydrogen) atoms. The van der Waals surface area contributed by atoms with Crippen LogP contribution in [0.5, 0.6) is 0 Å². The lowest BCUT2D eigenvalue weighted by Gasteiger charge is -2.34. The highest BCUT2D eigenvalue weighted by atomic mass is 16.2. The minimum absolute atomic E-state index is 0.00414. The fourth-order valence-electron chi connectivity index (χ4n) is 13.9. The summed E-state index contributed by atoms with van der Waals surface area (Å²) >= 11 is 0. The summed E-state index contributed by atoms with van der Waals surface area (Å²) in [5.41, 5.74) is 46.6. The second kappa shape index (κ2) is 55.1. The van der Waals surface area contributed by atoms with Gasteiger partial charge in [-0.05, 0) is 189 Å². The molecule has 5 aromatic rings. The SMILES string of the molecule is NCCCC[C@@H](C(N)=O)N(CCNC(=O)[C@H](CCCCN)N(CCNC(=O)[C@H](CCCCN)N(CCNC(=O)[C@H](CCCCN)N(CCNC(=O)[C@H](CCCCN)N(CCN)C(=O)CCc1ccccc1)C(=O)CCc1ccccc1)C(=O)CCc1ccccc1)C(=O)CCc1ccccc1)C(=O)CCc1ccccc1. The molecule has 0 aromatic heterocycles. The summed E-state index contributed by atoms with van der Waals surface area (Å²) in [5.74, 6) is -4.32. The highest BCUT2D eigenvalue weighted by Gasteiger charge is 2.36. The normalized spacial score (nSPS) is 12.5. The molecular formula is C85H128N16O10. The van der Waals surface area contributed by atoms with Crippen LogP contribution in [0.2, 0.25) is 0 Å². The molecule has 26 nitrogen and oxygen atoms in total. The van der Waals surface area contributed by atoms with Gasteiger partial charge in [0.15, 0.2) is 0 Å². The molecule has 18 N–H and O–H groups in total. The highest BCUT2D eigenvalue weighted by Crippen LogP contribution is 2.21. The molecule has 0 aliphatic heterocycles. The number of amides is 10. The Labute approximate surface area is 658 Å². The quantitative estimate of drug-likeness (QED) is 0.0235. The molecule has 0 fully saturated rings. The first-order valence-electron chi connectivity index (χ1n) is 40.3. The number of primary amides is 1. The molecule has 0 radical (unpaired) electrons. The third-order valence-corrected chi connectivity index (χ3v) is 20.0. The van der Waals surface area contributed by atoms with Crippen molar-refractivity contribution in [1.29, 1.82) is 0 Å². The molecule has 0 bridgehead atoms. The molecule has 0 aliphatic rings. The predicted octanol–water partition coefficient (Wildman–Crippen LogP) is 4.69. The Hall–Kier alpha value is -9.44. The number of nitrogens with one attached hydrogen (secondary N) is 4. The van der Waals surface area contributed by atoms with Crippen LogP contribution in [-0.2, 0) is 80.0 Å². The van der Waals surface area contributed by atoms with E-state index in [1.165, 1.54) is 24.5 Å². The van der Waals surface area contributed by atoms with Gasteiger partial charge in [0.1, 0.15) is 30.2 Å². The second-order valence-corrected chi connectivity index (χ2v) is 28.2. The molecule has 5 atom stereocenters. The summed E-state index contributed by atoms with van der Waals surface area (Å²) in [6, 6.07) is 42.3. The lowest BCUT2D eigenvalue weighted by atomic mass is 10.0. The maximum Gasteiger partial charge on any atom is 0.242 e. The van der Waals surface area contributed by atoms with E-state index in [0.717, 1.165) is 27.8 Å². The highest BCUT2D eigenvalue weighted by molar-refractivity contribution is 5.91. The molecule has 5 rings (SSSR count). The third-order valence-electron chi connectivity index (χ3n) is 20.0. The lowest BCUT2D eigenvalue weighted by Crippen LogP contribution is -2.56. The fraction of sp³-hybridized carbons (Fsp3) is 0.529. The van der Waals surface area contributed by atoms with Crippen LogP contribution in [0.15, 0.2) is 152 Å². The Morgan fingerprint density at radius 3 is 0.631 bits per heavy atom. The molecule has 5 aromatic carbocycles. The van der Waals surface area contributed by atoms with Gasteiger partial charge in [0, 0.05) is 97.6 Å². The second-order valence-electron chi connectivity index (χ2n) is 28.2. The Kier molecular flexibility index (Phi) is 45.7. The first-order valence-corrected chi connectivity index (χ1v) is 40.3. The van der Waals surface area contributed by atoms with Gasteiger partial charge in [-0.3, -0.25) is 47.9 Å². The summed E-state index contributed by atoms with van der Waals surface area (Å²) in [4.78, 5) is 153. The molecule has 10 amide bonds. The monoisotopic (exact) mass is 1530 g/mol. The van der Waals surface area contributed by atoms with Crippen molar-refractivity contribution in [3.8, 4) is 0 Å². The van der Waals surface area contributed by atoms with Gasteiger partial charge in [-0.2, -0.15) is 0 Å². The van der Waals surface area contributed by atoms with E-state index < -0.39 is 59.7 Å². The fourth-order valence-corrected chi connectivity index (χ4v) is 13.9. The molecular weight excluding hydrogens is 1410 g/mol. The van der Waals surface area contributed by atoms with Gasteiger partial charge in [-0.15, -0.1) is 0 Å². The van der Waals surface area contributed by atoms with E-state index in [9.17, 15) is 33.6 Å². The number of aryl methyl sites for hydroxylation is 5. The van der Waals surface area contributed by atoms with E-state index in [2.05, 4.69) is 21.3 Å². The molecule has 608 valence electrons. The van der Waals surface area contributed by atoms with Crippen LogP contribution < -0.4 is 61.4 Å². The van der Waals surface area contributed by atoms with Crippen LogP contribution in [-0.4, -0.2) is 212 Å². The van der Waals surface area contributed by atoms with E-state index in [0.29, 0.717) is 135 Å². The number of benzene rings is 5. The number of rotatable bonds is 59. The molecule has 0 saturated carbocycles. The van der Waals surface area contributed by atoms with Crippen molar-refractivity contribution in [1.82, 2.24) is 45.8 Å². The summed E-state index contributed by atoms with van der Waals surface area (Å²) in [6.07, 6.45) is 8.60. The molecule has 26 heteroatoms. The lowest BCUT2D eigenvalue weighted by molar-refractivity contribution is -0.143. The minimum Gasteiger partial charge on any atom is -0.368 e. The Morgan fingerprint density at radius 2 is 0.441 bits per heavy atom. The van der Waals surface area contributed by atoms with E-state index in [4.69, 9.17) is 40.1 Å². The van der Waals surface area contributed by atoms with Crippen molar-refractivity contribution in [3.63, 3.8) is 0 Å². The number of hydrogen-bond acceptors (Lipinski definition) is 16. The number of unbranched alkanes of at least 4 members (excludes halogenated alkanes) is 5. The van der Waals surface area contributed by atoms with Gasteiger partial charge < -0.3 is 85.9 Å². The Bertz CT molecular complexity index is 3500. The number of nitrogens with two attached hydrogens (primary N) is 7. The Morgan fingerprint density at radius 1 is 0.252 bits per heavy atom. The van der Waals surface area contributed by atoms with Crippen LogP contribution in [0.1, 0.15) is 156 Å². The summed E-state index contributed by atoms with van der Waals surface area (Å²) < 4.78 is 0. The van der Waals surface area contributed by atoms with Gasteiger partial charge in [-0.1, -0.05) is 152 Å². The van der Waals surface area contributed by atoms with Crippen molar-refractivity contribution in [3.05, 3.63) is 179 Å². The summed E-state index contributed by atoms with van der Waals surface area (Å²) in [7, 11) is 0. The zero-order valence-corrected chi connectivity index (χ0v) is 65.5. The smallest absolute Gasteiger partial charge is 0.242 e. The third kappa shape index (κ3) is 34.8. The van der Waals surface area contributed by atoms with Crippen molar-refractivity contribution in [2.24, 2.45) is 40.1 Å². The topological polar surface area (TPSA) is 417 Å². The average Bonchev–Trinajstić information content (AvgIpc) is 0.855. The maximum atomic E-state index is 15.2. The molecule has 0 saturated heterocycles. The molecule has 0 heterocycles.